The van der Waals surface area contributed by atoms with Gasteiger partial charge in [0.05, 0.1) is 15.6 Å². The molecule has 0 radical (unpaired) electrons. The Balaban J connectivity index is 1.65. The lowest BCUT2D eigenvalue weighted by atomic mass is 10.0. The van der Waals surface area contributed by atoms with Crippen molar-refractivity contribution in [1.82, 2.24) is 0 Å². The van der Waals surface area contributed by atoms with E-state index in [2.05, 4.69) is 5.32 Å². The summed E-state index contributed by atoms with van der Waals surface area (Å²) < 4.78 is 1.61. The first-order chi connectivity index (χ1) is 13.4. The van der Waals surface area contributed by atoms with Gasteiger partial charge in [-0.1, -0.05) is 41.9 Å². The van der Waals surface area contributed by atoms with Gasteiger partial charge in [0.15, 0.2) is 18.2 Å². The Hall–Kier alpha value is -3.58. The van der Waals surface area contributed by atoms with Gasteiger partial charge in [0.1, 0.15) is 0 Å². The van der Waals surface area contributed by atoms with Crippen molar-refractivity contribution in [2.24, 2.45) is 0 Å². The number of ketones is 1. The number of amides is 1. The van der Waals surface area contributed by atoms with Gasteiger partial charge in [-0.25, -0.2) is 0 Å². The minimum absolute atomic E-state index is 0.00682. The molecule has 0 spiro atoms. The van der Waals surface area contributed by atoms with E-state index in [4.69, 9.17) is 11.6 Å². The summed E-state index contributed by atoms with van der Waals surface area (Å²) in [5, 5.41) is 13.4. The fraction of sp³-hybridized carbons (Fsp3) is 0.0500. The van der Waals surface area contributed by atoms with Crippen LogP contribution in [0.25, 0.3) is 0 Å². The van der Waals surface area contributed by atoms with Crippen LogP contribution in [0, 0.1) is 10.1 Å². The third kappa shape index (κ3) is 4.57. The number of halogens is 1. The fourth-order valence-electron chi connectivity index (χ4n) is 2.54. The topological polar surface area (TPSA) is 93.2 Å². The minimum atomic E-state index is -0.564. The third-order valence-corrected chi connectivity index (χ3v) is 4.27. The Kier molecular flexibility index (Phi) is 5.76. The first kappa shape index (κ1) is 19.2. The van der Waals surface area contributed by atoms with Crippen molar-refractivity contribution in [3.05, 3.63) is 99.3 Å². The molecule has 0 aliphatic heterocycles. The summed E-state index contributed by atoms with van der Waals surface area (Å²) >= 11 is 5.97. The number of aromatic nitrogens is 1. The molecule has 0 atom stereocenters. The lowest BCUT2D eigenvalue weighted by Gasteiger charge is -2.05. The maximum atomic E-state index is 12.4. The molecule has 3 aromatic rings. The number of nitrogens with zero attached hydrogens (tertiary/aromatic N) is 2. The number of hydrogen-bond donors (Lipinski definition) is 1. The summed E-state index contributed by atoms with van der Waals surface area (Å²) in [7, 11) is 0. The van der Waals surface area contributed by atoms with Crippen molar-refractivity contribution in [2.45, 2.75) is 6.54 Å². The molecular formula is C20H15ClN3O4+. The predicted octanol–water partition coefficient (Wildman–Crippen LogP) is 3.41. The normalized spacial score (nSPS) is 10.3. The molecule has 0 saturated carbocycles. The molecule has 0 aliphatic rings. The van der Waals surface area contributed by atoms with E-state index >= 15 is 0 Å². The van der Waals surface area contributed by atoms with E-state index in [9.17, 15) is 19.7 Å². The second kappa shape index (κ2) is 8.41. The van der Waals surface area contributed by atoms with Crippen LogP contribution in [0.3, 0.4) is 0 Å². The standard InChI is InChI=1S/C20H14ClN3O4/c21-17-12-16(24(27)28)6-7-18(17)22-19(25)13-23-10-8-15(9-11-23)20(26)14-4-2-1-3-5-14/h1-12H,13H2/p+1. The first-order valence-electron chi connectivity index (χ1n) is 8.26. The summed E-state index contributed by atoms with van der Waals surface area (Å²) in [6.07, 6.45) is 3.26. The second-order valence-corrected chi connectivity index (χ2v) is 6.33. The molecule has 1 aromatic heterocycles. The van der Waals surface area contributed by atoms with Crippen molar-refractivity contribution < 1.29 is 19.1 Å². The maximum absolute atomic E-state index is 12.4. The Morgan fingerprint density at radius 1 is 1.00 bits per heavy atom. The number of hydrogen-bond acceptors (Lipinski definition) is 4. The Morgan fingerprint density at radius 3 is 2.25 bits per heavy atom. The van der Waals surface area contributed by atoms with E-state index < -0.39 is 4.92 Å². The minimum Gasteiger partial charge on any atom is -0.319 e. The van der Waals surface area contributed by atoms with E-state index in [0.717, 1.165) is 0 Å². The van der Waals surface area contributed by atoms with E-state index in [1.165, 1.54) is 18.2 Å². The summed E-state index contributed by atoms with van der Waals surface area (Å²) in [5.41, 5.74) is 1.23. The van der Waals surface area contributed by atoms with Crippen molar-refractivity contribution in [2.75, 3.05) is 5.32 Å². The van der Waals surface area contributed by atoms with Gasteiger partial charge < -0.3 is 5.32 Å². The van der Waals surface area contributed by atoms with Crippen LogP contribution in [0.4, 0.5) is 11.4 Å². The largest absolute Gasteiger partial charge is 0.319 e. The number of benzene rings is 2. The number of nitrogens with one attached hydrogen (secondary N) is 1. The fourth-order valence-corrected chi connectivity index (χ4v) is 2.77. The number of anilines is 1. The first-order valence-corrected chi connectivity index (χ1v) is 8.64. The van der Waals surface area contributed by atoms with Crippen molar-refractivity contribution in [3.8, 4) is 0 Å². The van der Waals surface area contributed by atoms with Gasteiger partial charge in [-0.2, -0.15) is 4.57 Å². The molecule has 2 aromatic carbocycles. The van der Waals surface area contributed by atoms with Crippen molar-refractivity contribution in [1.29, 1.82) is 0 Å². The van der Waals surface area contributed by atoms with Gasteiger partial charge in [0.2, 0.25) is 6.54 Å². The van der Waals surface area contributed by atoms with Crippen LogP contribution < -0.4 is 9.88 Å². The van der Waals surface area contributed by atoms with Gasteiger partial charge in [0.25, 0.3) is 11.6 Å². The molecule has 0 saturated heterocycles. The third-order valence-electron chi connectivity index (χ3n) is 3.95. The zero-order valence-electron chi connectivity index (χ0n) is 14.5. The zero-order chi connectivity index (χ0) is 20.1. The van der Waals surface area contributed by atoms with Crippen molar-refractivity contribution in [3.63, 3.8) is 0 Å². The Bertz CT molecular complexity index is 1040. The van der Waals surface area contributed by atoms with Crippen LogP contribution in [0.1, 0.15) is 15.9 Å². The maximum Gasteiger partial charge on any atom is 0.290 e. The van der Waals surface area contributed by atoms with E-state index in [0.29, 0.717) is 11.1 Å². The lowest BCUT2D eigenvalue weighted by Crippen LogP contribution is -2.39. The van der Waals surface area contributed by atoms with E-state index in [1.807, 2.05) is 6.07 Å². The summed E-state index contributed by atoms with van der Waals surface area (Å²) in [6.45, 7) is -0.00682. The molecule has 0 unspecified atom stereocenters. The number of pyridine rings is 1. The summed E-state index contributed by atoms with van der Waals surface area (Å²) in [4.78, 5) is 34.7. The summed E-state index contributed by atoms with van der Waals surface area (Å²) in [6, 6.07) is 16.0. The molecule has 1 amide bonds. The monoisotopic (exact) mass is 396 g/mol. The number of nitro groups is 1. The zero-order valence-corrected chi connectivity index (χ0v) is 15.3. The highest BCUT2D eigenvalue weighted by Crippen LogP contribution is 2.26. The Morgan fingerprint density at radius 2 is 1.64 bits per heavy atom. The highest BCUT2D eigenvalue weighted by atomic mass is 35.5. The highest BCUT2D eigenvalue weighted by molar-refractivity contribution is 6.33. The van der Waals surface area contributed by atoms with E-state index in [-0.39, 0.29) is 34.6 Å². The number of carbonyl (C=O) groups is 2. The van der Waals surface area contributed by atoms with Crippen LogP contribution >= 0.6 is 11.6 Å². The second-order valence-electron chi connectivity index (χ2n) is 5.92. The molecule has 8 heteroatoms. The SMILES string of the molecule is O=C(C[n+]1ccc(C(=O)c2ccccc2)cc1)Nc1ccc([N+](=O)[O-])cc1Cl. The van der Waals surface area contributed by atoms with Gasteiger partial charge >= 0.3 is 0 Å². The molecule has 1 N–H and O–H groups in total. The van der Waals surface area contributed by atoms with Gasteiger partial charge in [0, 0.05) is 35.4 Å². The van der Waals surface area contributed by atoms with Gasteiger partial charge in [-0.15, -0.1) is 0 Å². The number of nitro benzene ring substituents is 1. The molecule has 0 fully saturated rings. The molecule has 1 heterocycles. The van der Waals surface area contributed by atoms with Gasteiger partial charge in [-0.05, 0) is 6.07 Å². The van der Waals surface area contributed by atoms with Crippen LogP contribution in [-0.2, 0) is 11.3 Å². The van der Waals surface area contributed by atoms with E-state index in [1.54, 1.807) is 53.4 Å². The van der Waals surface area contributed by atoms with Crippen LogP contribution in [0.15, 0.2) is 73.1 Å². The number of non-ortho nitro benzene ring substituents is 1. The lowest BCUT2D eigenvalue weighted by molar-refractivity contribution is -0.684. The average molecular weight is 397 g/mol. The molecule has 0 aliphatic carbocycles. The highest BCUT2D eigenvalue weighted by Gasteiger charge is 2.15. The molecule has 28 heavy (non-hydrogen) atoms. The van der Waals surface area contributed by atoms with Crippen LogP contribution in [0.2, 0.25) is 5.02 Å². The van der Waals surface area contributed by atoms with Crippen LogP contribution in [-0.4, -0.2) is 16.6 Å². The quantitative estimate of drug-likeness (QED) is 0.299. The number of carbonyl (C=O) groups excluding carboxylic acids is 2. The van der Waals surface area contributed by atoms with Crippen LogP contribution in [0.5, 0.6) is 0 Å². The predicted molar refractivity (Wildman–Crippen MR) is 103 cm³/mol. The molecule has 0 bridgehead atoms. The molecular weight excluding hydrogens is 382 g/mol. The average Bonchev–Trinajstić information content (AvgIpc) is 2.70. The van der Waals surface area contributed by atoms with Crippen molar-refractivity contribution >= 4 is 34.7 Å². The molecule has 140 valence electrons. The molecule has 3 rings (SSSR count). The molecule has 7 nitrogen and oxygen atoms in total. The Labute approximate surface area is 165 Å². The van der Waals surface area contributed by atoms with Gasteiger partial charge in [-0.3, -0.25) is 19.7 Å². The smallest absolute Gasteiger partial charge is 0.290 e. The summed E-state index contributed by atoms with van der Waals surface area (Å²) in [5.74, 6) is -0.460. The number of rotatable bonds is 6.